The lowest BCUT2D eigenvalue weighted by Crippen LogP contribution is -2.06. The highest BCUT2D eigenvalue weighted by molar-refractivity contribution is 14.1. The van der Waals surface area contributed by atoms with E-state index >= 15 is 0 Å². The fourth-order valence-corrected chi connectivity index (χ4v) is 20.4. The van der Waals surface area contributed by atoms with Crippen molar-refractivity contribution in [3.05, 3.63) is 388 Å². The topological polar surface area (TPSA) is 55.6 Å². The van der Waals surface area contributed by atoms with Crippen LogP contribution in [0.2, 0.25) is 0 Å². The summed E-state index contributed by atoms with van der Waals surface area (Å²) in [6.45, 7) is 0. The van der Waals surface area contributed by atoms with Gasteiger partial charge in [0.1, 0.15) is 0 Å². The van der Waals surface area contributed by atoms with E-state index in [4.69, 9.17) is 5.84 Å². The Labute approximate surface area is 679 Å². The molecule has 0 aliphatic rings. The molecule has 0 amide bonds. The summed E-state index contributed by atoms with van der Waals surface area (Å²) < 4.78 is 14.0. The number of nitrogen functional groups attached to an aromatic ring is 1. The van der Waals surface area contributed by atoms with Gasteiger partial charge in [0.05, 0.1) is 89.1 Å². The molecule has 25 rings (SSSR count). The zero-order valence-electron chi connectivity index (χ0n) is 62.6. The second-order valence-electron chi connectivity index (χ2n) is 31.2. The molecule has 0 spiro atoms. The lowest BCUT2D eigenvalue weighted by molar-refractivity contribution is 1.12. The molecule has 2 N–H and O–H groups in total. The molecule has 0 aliphatic carbocycles. The van der Waals surface area contributed by atoms with E-state index in [9.17, 15) is 0 Å². The number of hydrogen-bond donors (Lipinski definition) is 1. The maximum Gasteiger partial charge on any atom is 0.0710 e. The third-order valence-corrected chi connectivity index (χ3v) is 26.1. The predicted molar refractivity (Wildman–Crippen MR) is 499 cm³/mol. The Morgan fingerprint density at radius 3 is 1.20 bits per heavy atom. The number of aromatic nitrogens is 6. The number of nitrogens with two attached hydrogens (primary N) is 1. The van der Waals surface area contributed by atoms with Crippen molar-refractivity contribution in [3.63, 3.8) is 0 Å². The van der Waals surface area contributed by atoms with Crippen molar-refractivity contribution >= 4 is 186 Å². The maximum atomic E-state index is 6.95. The van der Waals surface area contributed by atoms with E-state index in [-0.39, 0.29) is 0 Å². The molecule has 0 saturated heterocycles. The van der Waals surface area contributed by atoms with Crippen molar-refractivity contribution in [1.29, 1.82) is 0 Å². The maximum absolute atomic E-state index is 6.95. The molecule has 0 saturated carbocycles. The van der Waals surface area contributed by atoms with Gasteiger partial charge in [-0.05, 0) is 246 Å². The van der Waals surface area contributed by atoms with Crippen molar-refractivity contribution in [2.45, 2.75) is 0 Å². The van der Waals surface area contributed by atoms with Crippen LogP contribution in [-0.2, 0) is 0 Å². The molecule has 0 unspecified atom stereocenters. The molecule has 0 radical (unpaired) electrons. The highest BCUT2D eigenvalue weighted by Gasteiger charge is 2.24. The molecule has 116 heavy (non-hydrogen) atoms. The molecule has 19 aromatic carbocycles. The minimum absolute atomic E-state index is 0.999. The van der Waals surface area contributed by atoms with Crippen LogP contribution in [0.25, 0.3) is 242 Å². The third kappa shape index (κ3) is 9.65. The van der Waals surface area contributed by atoms with E-state index in [1.54, 1.807) is 0 Å². The Bertz CT molecular complexity index is 8540. The van der Waals surface area contributed by atoms with Crippen LogP contribution in [0.15, 0.2) is 388 Å². The van der Waals surface area contributed by atoms with E-state index < -0.39 is 0 Å². The number of rotatable bonds is 9. The predicted octanol–water partition coefficient (Wildman–Crippen LogP) is 29.0. The van der Waals surface area contributed by atoms with Gasteiger partial charge >= 0.3 is 0 Å². The van der Waals surface area contributed by atoms with Gasteiger partial charge in [0, 0.05) is 87.4 Å². The number of nitrogens with zero attached hydrogens (tertiary/aromatic N) is 6. The monoisotopic (exact) mass is 1590 g/mol. The number of benzene rings is 19. The summed E-state index contributed by atoms with van der Waals surface area (Å²) in [5, 5.41) is 21.8. The SMILES string of the molecule is Nn1c2ccc(-c3ccc4c(c3)c3c(-c5ccc6c7cc8ccccc8cc7n(-c7ccccc7)c6c5)cccc3n4-c3ccc(-c4cccc(-n5c6ccccc6c6ccc(-c7ccc8c9cc(-c%10ccc%11c(c%10)c%10cc%12ccccc%12cc%10n%11I)ccc9n(-c9ccccc9)c8c7)cc65)c4)cc3)cc2c2c3ccccc3ccc21. The summed E-state index contributed by atoms with van der Waals surface area (Å²) >= 11 is 2.47. The summed E-state index contributed by atoms with van der Waals surface area (Å²) in [6.07, 6.45) is 0. The van der Waals surface area contributed by atoms with Gasteiger partial charge in [-0.2, -0.15) is 0 Å². The van der Waals surface area contributed by atoms with Gasteiger partial charge in [-0.25, -0.2) is 0 Å². The highest BCUT2D eigenvalue weighted by atomic mass is 127. The summed E-state index contributed by atoms with van der Waals surface area (Å²) in [5.41, 5.74) is 29.7. The Balaban J connectivity index is 0.607. The highest BCUT2D eigenvalue weighted by Crippen LogP contribution is 2.47. The van der Waals surface area contributed by atoms with Crippen LogP contribution in [0.3, 0.4) is 0 Å². The van der Waals surface area contributed by atoms with Crippen LogP contribution in [0.1, 0.15) is 0 Å². The average molecular weight is 1590 g/mol. The normalized spacial score (nSPS) is 12.2. The molecule has 25 aromatic rings. The van der Waals surface area contributed by atoms with Gasteiger partial charge in [0.25, 0.3) is 0 Å². The zero-order chi connectivity index (χ0) is 76.1. The van der Waals surface area contributed by atoms with Crippen molar-refractivity contribution in [1.82, 2.24) is 25.7 Å². The quantitative estimate of drug-likeness (QED) is 0.114. The molecular weight excluding hydrogens is 1520 g/mol. The van der Waals surface area contributed by atoms with Gasteiger partial charge in [0.15, 0.2) is 0 Å². The van der Waals surface area contributed by atoms with Crippen molar-refractivity contribution < 1.29 is 0 Å². The zero-order valence-corrected chi connectivity index (χ0v) is 64.7. The smallest absolute Gasteiger partial charge is 0.0710 e. The summed E-state index contributed by atoms with van der Waals surface area (Å²) in [5.74, 6) is 6.95. The van der Waals surface area contributed by atoms with Crippen LogP contribution < -0.4 is 5.84 Å². The number of para-hydroxylation sites is 3. The fourth-order valence-electron chi connectivity index (χ4n) is 19.6. The van der Waals surface area contributed by atoms with Gasteiger partial charge in [0.2, 0.25) is 0 Å². The molecule has 540 valence electrons. The second kappa shape index (κ2) is 24.9. The van der Waals surface area contributed by atoms with E-state index in [0.29, 0.717) is 0 Å². The Morgan fingerprint density at radius 1 is 0.172 bits per heavy atom. The van der Waals surface area contributed by atoms with E-state index in [1.807, 2.05) is 4.68 Å². The molecular formula is C108H66IN7. The van der Waals surface area contributed by atoms with Gasteiger partial charge < -0.3 is 24.1 Å². The summed E-state index contributed by atoms with van der Waals surface area (Å²) in [6, 6.07) is 145. The van der Waals surface area contributed by atoms with Crippen LogP contribution in [0, 0.1) is 0 Å². The van der Waals surface area contributed by atoms with E-state index in [2.05, 4.69) is 432 Å². The fraction of sp³-hybridized carbons (Fsp3) is 0. The number of hydrogen-bond acceptors (Lipinski definition) is 1. The first kappa shape index (κ1) is 64.9. The van der Waals surface area contributed by atoms with E-state index in [0.717, 1.165) is 111 Å². The average Bonchev–Trinajstić information content (AvgIpc) is 1.59. The molecule has 6 heterocycles. The first-order chi connectivity index (χ1) is 57.3. The Morgan fingerprint density at radius 2 is 0.543 bits per heavy atom. The van der Waals surface area contributed by atoms with Crippen LogP contribution in [-0.4, -0.2) is 25.7 Å². The largest absolute Gasteiger partial charge is 0.339 e. The lowest BCUT2D eigenvalue weighted by atomic mass is 9.96. The van der Waals surface area contributed by atoms with Crippen molar-refractivity contribution in [2.24, 2.45) is 0 Å². The molecule has 8 heteroatoms. The number of fused-ring (bicyclic) bond motifs is 22. The van der Waals surface area contributed by atoms with Crippen LogP contribution in [0.5, 0.6) is 0 Å². The minimum atomic E-state index is 0.999. The van der Waals surface area contributed by atoms with Gasteiger partial charge in [-0.3, -0.25) is 7.46 Å². The summed E-state index contributed by atoms with van der Waals surface area (Å²) in [4.78, 5) is 0. The standard InChI is InChI=1S/C108H66IN7/c109-115-98-50-41-73(57-91(98)92-55-69-19-8-10-21-71(69)63-106(92)115)72-39-48-96-89(56-72)87-46-36-77(62-103(87)112(96)79-23-3-1-4-24-79)76-35-45-86-85-29-13-14-31-95(85)114(102(86)61-76)82-27-15-22-67(53-82)65-33-43-81(44-34-65)111-97-49-40-74(75-42-51-99-94(59-75)108-83-28-12-11-17-66(83)38-52-101(108)116(99)110)58-93(97)107-84(30-16-32-100(107)111)78-37-47-88-90-54-68-18-7-9-20-70(68)60-105(90)113(104(88)64-78)80-25-5-2-6-26-80/h1-64H,110H2. The molecule has 7 nitrogen and oxygen atoms in total. The van der Waals surface area contributed by atoms with Crippen LogP contribution >= 0.6 is 22.9 Å². The number of halogens is 1. The molecule has 6 aromatic heterocycles. The molecule has 0 fully saturated rings. The Kier molecular flexibility index (Phi) is 13.9. The van der Waals surface area contributed by atoms with Crippen molar-refractivity contribution in [2.75, 3.05) is 5.84 Å². The minimum Gasteiger partial charge on any atom is -0.339 e. The first-order valence-corrected chi connectivity index (χ1v) is 40.6. The van der Waals surface area contributed by atoms with Crippen molar-refractivity contribution in [3.8, 4) is 78.4 Å². The molecule has 0 bridgehead atoms. The van der Waals surface area contributed by atoms with E-state index in [1.165, 1.54) is 130 Å². The summed E-state index contributed by atoms with van der Waals surface area (Å²) in [7, 11) is 0. The van der Waals surface area contributed by atoms with Gasteiger partial charge in [-0.15, -0.1) is 0 Å². The molecule has 0 atom stereocenters. The lowest BCUT2D eigenvalue weighted by Gasteiger charge is -2.13. The third-order valence-electron chi connectivity index (χ3n) is 25.0. The second-order valence-corrected chi connectivity index (χ2v) is 32.2. The first-order valence-electron chi connectivity index (χ1n) is 39.7. The van der Waals surface area contributed by atoms with Gasteiger partial charge in [-0.1, -0.05) is 231 Å². The van der Waals surface area contributed by atoms with Crippen LogP contribution in [0.4, 0.5) is 0 Å². The Hall–Kier alpha value is -14.7. The molecule has 0 aliphatic heterocycles.